The predicted octanol–water partition coefficient (Wildman–Crippen LogP) is 5.35. The predicted molar refractivity (Wildman–Crippen MR) is 118 cm³/mol. The molecular weight excluding hydrogens is 449 g/mol. The molecule has 1 fully saturated rings. The van der Waals surface area contributed by atoms with Crippen molar-refractivity contribution in [2.75, 3.05) is 11.9 Å². The number of carbonyl (C=O) groups is 2. The number of nitrogens with zero attached hydrogens (tertiary/aromatic N) is 2. The van der Waals surface area contributed by atoms with Gasteiger partial charge in [-0.1, -0.05) is 29.3 Å². The van der Waals surface area contributed by atoms with Crippen LogP contribution in [-0.4, -0.2) is 34.3 Å². The van der Waals surface area contributed by atoms with Gasteiger partial charge in [0.15, 0.2) is 5.13 Å². The molecule has 2 aromatic heterocycles. The first kappa shape index (κ1) is 20.3. The van der Waals surface area contributed by atoms with Crippen LogP contribution in [0.4, 0.5) is 5.13 Å². The zero-order valence-electron chi connectivity index (χ0n) is 15.2. The number of benzene rings is 1. The lowest BCUT2D eigenvalue weighted by atomic mass is 10.1. The van der Waals surface area contributed by atoms with Gasteiger partial charge in [-0.15, -0.1) is 22.7 Å². The molecule has 0 saturated carbocycles. The van der Waals surface area contributed by atoms with Crippen molar-refractivity contribution in [2.45, 2.75) is 25.3 Å². The highest BCUT2D eigenvalue weighted by Gasteiger charge is 2.35. The van der Waals surface area contributed by atoms with Crippen molar-refractivity contribution < 1.29 is 9.59 Å². The van der Waals surface area contributed by atoms with Gasteiger partial charge in [0.25, 0.3) is 5.91 Å². The highest BCUT2D eigenvalue weighted by molar-refractivity contribution is 7.15. The van der Waals surface area contributed by atoms with E-state index in [9.17, 15) is 9.59 Å². The molecule has 0 aliphatic carbocycles. The highest BCUT2D eigenvalue weighted by Crippen LogP contribution is 2.28. The van der Waals surface area contributed by atoms with Crippen molar-refractivity contribution in [3.63, 3.8) is 0 Å². The summed E-state index contributed by atoms with van der Waals surface area (Å²) in [6.07, 6.45) is 3.77. The summed E-state index contributed by atoms with van der Waals surface area (Å²) in [6, 6.07) is 8.49. The van der Waals surface area contributed by atoms with Crippen LogP contribution in [0.3, 0.4) is 0 Å². The summed E-state index contributed by atoms with van der Waals surface area (Å²) in [5.74, 6) is -0.290. The van der Waals surface area contributed by atoms with Gasteiger partial charge in [0.2, 0.25) is 5.91 Å². The van der Waals surface area contributed by atoms with E-state index in [-0.39, 0.29) is 11.8 Å². The van der Waals surface area contributed by atoms with E-state index >= 15 is 0 Å². The summed E-state index contributed by atoms with van der Waals surface area (Å²) in [4.78, 5) is 33.0. The topological polar surface area (TPSA) is 62.3 Å². The molecule has 1 N–H and O–H groups in total. The number of hydrogen-bond acceptors (Lipinski definition) is 5. The van der Waals surface area contributed by atoms with E-state index in [1.165, 1.54) is 22.7 Å². The number of carbonyl (C=O) groups excluding carboxylic acids is 2. The molecule has 2 amide bonds. The fourth-order valence-electron chi connectivity index (χ4n) is 3.33. The Labute approximate surface area is 186 Å². The van der Waals surface area contributed by atoms with E-state index in [2.05, 4.69) is 10.3 Å². The van der Waals surface area contributed by atoms with Crippen LogP contribution in [-0.2, 0) is 11.2 Å². The summed E-state index contributed by atoms with van der Waals surface area (Å²) in [5.41, 5.74) is 0.907. The molecule has 29 heavy (non-hydrogen) atoms. The third-order valence-electron chi connectivity index (χ3n) is 4.70. The minimum Gasteiger partial charge on any atom is -0.326 e. The number of aromatic nitrogens is 1. The standard InChI is InChI=1S/C20H17Cl2N3O2S2/c21-13-5-6-15(22)12(9-13)10-14-11-23-20(29-14)24-18(26)16-3-1-7-25(16)19(27)17-4-2-8-28-17/h2,4-6,8-9,11,16H,1,3,7,10H2,(H,23,24,26). The van der Waals surface area contributed by atoms with Crippen molar-refractivity contribution in [2.24, 2.45) is 0 Å². The minimum absolute atomic E-state index is 0.0897. The van der Waals surface area contributed by atoms with Gasteiger partial charge in [0.05, 0.1) is 4.88 Å². The molecule has 9 heteroatoms. The highest BCUT2D eigenvalue weighted by atomic mass is 35.5. The summed E-state index contributed by atoms with van der Waals surface area (Å²) in [6.45, 7) is 0.588. The average Bonchev–Trinajstić information content (AvgIpc) is 3.45. The average molecular weight is 466 g/mol. The van der Waals surface area contributed by atoms with Gasteiger partial charge < -0.3 is 10.2 Å². The van der Waals surface area contributed by atoms with E-state index in [4.69, 9.17) is 23.2 Å². The van der Waals surface area contributed by atoms with Gasteiger partial charge in [-0.2, -0.15) is 0 Å². The van der Waals surface area contributed by atoms with Crippen molar-refractivity contribution >= 4 is 62.8 Å². The van der Waals surface area contributed by atoms with Gasteiger partial charge in [0, 0.05) is 34.1 Å². The zero-order valence-corrected chi connectivity index (χ0v) is 18.4. The molecule has 5 nitrogen and oxygen atoms in total. The maximum absolute atomic E-state index is 12.8. The van der Waals surface area contributed by atoms with Crippen molar-refractivity contribution in [3.05, 3.63) is 67.3 Å². The molecule has 3 heterocycles. The molecule has 0 spiro atoms. The smallest absolute Gasteiger partial charge is 0.264 e. The number of halogens is 2. The second-order valence-corrected chi connectivity index (χ2v) is 9.57. The number of likely N-dealkylation sites (tertiary alicyclic amines) is 1. The Balaban J connectivity index is 1.42. The normalized spacial score (nSPS) is 16.2. The Bertz CT molecular complexity index is 1040. The van der Waals surface area contributed by atoms with Gasteiger partial charge in [0.1, 0.15) is 6.04 Å². The Morgan fingerprint density at radius 2 is 2.14 bits per heavy atom. The van der Waals surface area contributed by atoms with Crippen molar-refractivity contribution in [1.82, 2.24) is 9.88 Å². The Morgan fingerprint density at radius 1 is 1.28 bits per heavy atom. The lowest BCUT2D eigenvalue weighted by Gasteiger charge is -2.22. The second-order valence-electron chi connectivity index (χ2n) is 6.67. The number of anilines is 1. The number of thiazole rings is 1. The molecule has 4 rings (SSSR count). The van der Waals surface area contributed by atoms with Crippen LogP contribution in [0.1, 0.15) is 33.0 Å². The van der Waals surface area contributed by atoms with Crippen molar-refractivity contribution in [1.29, 1.82) is 0 Å². The number of nitrogens with one attached hydrogen (secondary N) is 1. The molecule has 1 unspecified atom stereocenters. The van der Waals surface area contributed by atoms with Crippen LogP contribution >= 0.6 is 45.9 Å². The molecule has 3 aromatic rings. The van der Waals surface area contributed by atoms with Gasteiger partial charge in [-0.3, -0.25) is 9.59 Å². The van der Waals surface area contributed by atoms with E-state index in [0.29, 0.717) is 39.4 Å². The zero-order chi connectivity index (χ0) is 20.4. The largest absolute Gasteiger partial charge is 0.326 e. The summed E-state index contributed by atoms with van der Waals surface area (Å²) < 4.78 is 0. The van der Waals surface area contributed by atoms with E-state index < -0.39 is 6.04 Å². The van der Waals surface area contributed by atoms with Crippen LogP contribution in [0.5, 0.6) is 0 Å². The Hall–Kier alpha value is -1.93. The molecule has 0 bridgehead atoms. The summed E-state index contributed by atoms with van der Waals surface area (Å²) in [5, 5.41) is 6.51. The first-order valence-electron chi connectivity index (χ1n) is 9.05. The molecule has 1 aliphatic rings. The van der Waals surface area contributed by atoms with Crippen molar-refractivity contribution in [3.8, 4) is 0 Å². The first-order valence-corrected chi connectivity index (χ1v) is 11.5. The molecule has 0 radical (unpaired) electrons. The molecule has 1 aromatic carbocycles. The number of hydrogen-bond donors (Lipinski definition) is 1. The van der Waals surface area contributed by atoms with Gasteiger partial charge in [-0.05, 0) is 48.1 Å². The van der Waals surface area contributed by atoms with Gasteiger partial charge >= 0.3 is 0 Å². The van der Waals surface area contributed by atoms with Crippen LogP contribution < -0.4 is 5.32 Å². The lowest BCUT2D eigenvalue weighted by Crippen LogP contribution is -2.42. The molecule has 1 aliphatic heterocycles. The maximum atomic E-state index is 12.8. The quantitative estimate of drug-likeness (QED) is 0.552. The van der Waals surface area contributed by atoms with Crippen LogP contribution in [0.15, 0.2) is 41.9 Å². The maximum Gasteiger partial charge on any atom is 0.264 e. The lowest BCUT2D eigenvalue weighted by molar-refractivity contribution is -0.119. The fourth-order valence-corrected chi connectivity index (χ4v) is 5.22. The molecule has 150 valence electrons. The molecule has 1 atom stereocenters. The van der Waals surface area contributed by atoms with Gasteiger partial charge in [-0.25, -0.2) is 4.98 Å². The first-order chi connectivity index (χ1) is 14.0. The Morgan fingerprint density at radius 3 is 2.93 bits per heavy atom. The number of rotatable bonds is 5. The monoisotopic (exact) mass is 465 g/mol. The summed E-state index contributed by atoms with van der Waals surface area (Å²) >= 11 is 15.1. The van der Waals surface area contributed by atoms with E-state index in [0.717, 1.165) is 16.9 Å². The number of amides is 2. The second kappa shape index (κ2) is 8.83. The SMILES string of the molecule is O=C(Nc1ncc(Cc2cc(Cl)ccc2Cl)s1)C1CCCN1C(=O)c1cccs1. The van der Waals surface area contributed by atoms with E-state index in [1.54, 1.807) is 29.3 Å². The molecule has 1 saturated heterocycles. The minimum atomic E-state index is -0.473. The number of thiophene rings is 1. The fraction of sp³-hybridized carbons (Fsp3) is 0.250. The van der Waals surface area contributed by atoms with E-state index in [1.807, 2.05) is 17.5 Å². The molecular formula is C20H17Cl2N3O2S2. The third kappa shape index (κ3) is 4.64. The van der Waals surface area contributed by atoms with Crippen LogP contribution in [0.25, 0.3) is 0 Å². The van der Waals surface area contributed by atoms with Crippen LogP contribution in [0.2, 0.25) is 10.0 Å². The Kier molecular flexibility index (Phi) is 6.20. The van der Waals surface area contributed by atoms with Crippen LogP contribution in [0, 0.1) is 0 Å². The third-order valence-corrected chi connectivity index (χ3v) is 7.08. The summed E-state index contributed by atoms with van der Waals surface area (Å²) in [7, 11) is 0.